The summed E-state index contributed by atoms with van der Waals surface area (Å²) >= 11 is 1.55. The highest BCUT2D eigenvalue weighted by Crippen LogP contribution is 2.36. The summed E-state index contributed by atoms with van der Waals surface area (Å²) in [6, 6.07) is 20.5. The molecule has 0 radical (unpaired) electrons. The Labute approximate surface area is 166 Å². The fourth-order valence-electron chi connectivity index (χ4n) is 2.74. The molecule has 0 bridgehead atoms. The predicted molar refractivity (Wildman–Crippen MR) is 112 cm³/mol. The first kappa shape index (κ1) is 17.9. The number of aromatic nitrogens is 2. The van der Waals surface area contributed by atoms with Gasteiger partial charge in [-0.15, -0.1) is 10.2 Å². The Morgan fingerprint density at radius 1 is 0.929 bits per heavy atom. The van der Waals surface area contributed by atoms with Gasteiger partial charge in [-0.25, -0.2) is 4.98 Å². The van der Waals surface area contributed by atoms with Gasteiger partial charge in [-0.3, -0.25) is 0 Å². The van der Waals surface area contributed by atoms with E-state index in [2.05, 4.69) is 20.2 Å². The third-order valence-electron chi connectivity index (χ3n) is 4.15. The van der Waals surface area contributed by atoms with Gasteiger partial charge in [0.2, 0.25) is 5.82 Å². The molecule has 140 valence electrons. The molecule has 0 spiro atoms. The molecule has 0 amide bonds. The number of para-hydroxylation sites is 1. The molecule has 0 fully saturated rings. The molecule has 2 aromatic carbocycles. The Morgan fingerprint density at radius 3 is 2.39 bits per heavy atom. The minimum absolute atomic E-state index is 0.0896. The molecule has 4 aromatic rings. The normalized spacial score (nSPS) is 11.2. The van der Waals surface area contributed by atoms with Gasteiger partial charge < -0.3 is 15.0 Å². The molecule has 0 saturated carbocycles. The molecule has 2 aromatic heterocycles. The summed E-state index contributed by atoms with van der Waals surface area (Å²) in [5, 5.41) is 22.8. The van der Waals surface area contributed by atoms with Crippen molar-refractivity contribution < 1.29 is 5.11 Å². The van der Waals surface area contributed by atoms with Crippen LogP contribution in [0.25, 0.3) is 22.6 Å². The molecule has 2 heterocycles. The zero-order valence-corrected chi connectivity index (χ0v) is 16.3. The van der Waals surface area contributed by atoms with Gasteiger partial charge in [0.05, 0.1) is 10.7 Å². The lowest BCUT2D eigenvalue weighted by Crippen LogP contribution is -2.05. The smallest absolute Gasteiger partial charge is 0.200 e. The topological polar surface area (TPSA) is 79.7 Å². The Hall–Kier alpha value is -3.45. The first-order valence-corrected chi connectivity index (χ1v) is 9.54. The molecule has 7 heteroatoms. The monoisotopic (exact) mass is 388 g/mol. The van der Waals surface area contributed by atoms with Crippen molar-refractivity contribution >= 4 is 27.2 Å². The number of thiophene rings is 1. The highest BCUT2D eigenvalue weighted by Gasteiger charge is 2.14. The number of aromatic amines is 1. The van der Waals surface area contributed by atoms with Crippen molar-refractivity contribution in [1.82, 2.24) is 9.97 Å². The van der Waals surface area contributed by atoms with Crippen LogP contribution in [0.15, 0.2) is 77.0 Å². The highest BCUT2D eigenvalue weighted by atomic mass is 32.1. The molecule has 1 N–H and O–H groups in total. The summed E-state index contributed by atoms with van der Waals surface area (Å²) in [4.78, 5) is 9.82. The van der Waals surface area contributed by atoms with Crippen LogP contribution in [-0.2, 0) is 0 Å². The van der Waals surface area contributed by atoms with Gasteiger partial charge in [0.15, 0.2) is 0 Å². The number of H-pyrrole nitrogens is 1. The Kier molecular flexibility index (Phi) is 4.90. The molecule has 0 unspecified atom stereocenters. The van der Waals surface area contributed by atoms with Crippen LogP contribution in [0.3, 0.4) is 0 Å². The molecular weight excluding hydrogens is 370 g/mol. The van der Waals surface area contributed by atoms with Gasteiger partial charge in [-0.05, 0) is 12.1 Å². The van der Waals surface area contributed by atoms with E-state index in [1.807, 2.05) is 67.5 Å². The fourth-order valence-corrected chi connectivity index (χ4v) is 3.49. The summed E-state index contributed by atoms with van der Waals surface area (Å²) in [6.07, 6.45) is 0. The molecule has 0 aliphatic rings. The number of benzene rings is 2. The quantitative estimate of drug-likeness (QED) is 0.467. The molecule has 6 nitrogen and oxygen atoms in total. The first-order chi connectivity index (χ1) is 13.6. The van der Waals surface area contributed by atoms with Crippen molar-refractivity contribution in [2.45, 2.75) is 0 Å². The maximum absolute atomic E-state index is 12.2. The van der Waals surface area contributed by atoms with Crippen LogP contribution in [0.2, 0.25) is 0 Å². The number of hydrogen-bond donors (Lipinski definition) is 1. The van der Waals surface area contributed by atoms with Crippen molar-refractivity contribution in [1.29, 1.82) is 0 Å². The molecule has 4 rings (SSSR count). The largest absolute Gasteiger partial charge is 0.872 e. The van der Waals surface area contributed by atoms with E-state index in [1.54, 1.807) is 23.5 Å². The Morgan fingerprint density at radius 2 is 1.68 bits per heavy atom. The van der Waals surface area contributed by atoms with Crippen LogP contribution in [0.1, 0.15) is 0 Å². The zero-order valence-electron chi connectivity index (χ0n) is 15.5. The van der Waals surface area contributed by atoms with Gasteiger partial charge in [0.25, 0.3) is 0 Å². The molecule has 28 heavy (non-hydrogen) atoms. The number of nitrogens with one attached hydrogen (secondary N) is 1. The number of nitrogens with zero attached hydrogens (tertiary/aromatic N) is 4. The van der Waals surface area contributed by atoms with Gasteiger partial charge >= 0.3 is 0 Å². The number of rotatable bonds is 5. The van der Waals surface area contributed by atoms with Crippen molar-refractivity contribution in [3.05, 3.63) is 66.7 Å². The molecule has 0 saturated heterocycles. The van der Waals surface area contributed by atoms with E-state index in [0.717, 1.165) is 21.3 Å². The van der Waals surface area contributed by atoms with Gasteiger partial charge in [-0.1, -0.05) is 71.7 Å². The molecule has 0 aliphatic heterocycles. The maximum Gasteiger partial charge on any atom is 0.200 e. The van der Waals surface area contributed by atoms with E-state index in [1.165, 1.54) is 6.07 Å². The van der Waals surface area contributed by atoms with Crippen LogP contribution in [0, 0.1) is 0 Å². The average Bonchev–Trinajstić information content (AvgIpc) is 3.35. The van der Waals surface area contributed by atoms with E-state index >= 15 is 0 Å². The minimum Gasteiger partial charge on any atom is -0.872 e. The number of azo groups is 1. The Bertz CT molecular complexity index is 1110. The van der Waals surface area contributed by atoms with Gasteiger partial charge in [-0.2, -0.15) is 0 Å². The van der Waals surface area contributed by atoms with E-state index in [0.29, 0.717) is 17.2 Å². The summed E-state index contributed by atoms with van der Waals surface area (Å²) in [7, 11) is 3.97. The number of imidazole rings is 1. The highest BCUT2D eigenvalue weighted by molar-refractivity contribution is 7.19. The second-order valence-electron chi connectivity index (χ2n) is 6.35. The summed E-state index contributed by atoms with van der Waals surface area (Å²) in [5.74, 6) is 0.844. The lowest BCUT2D eigenvalue weighted by atomic mass is 10.1. The third kappa shape index (κ3) is 3.65. The van der Waals surface area contributed by atoms with Crippen molar-refractivity contribution in [2.24, 2.45) is 10.2 Å². The third-order valence-corrected chi connectivity index (χ3v) is 5.29. The SMILES string of the molecule is CN(C)c1ccc(N=Nc2nc(-c3ccccc3[O-])[nH]c2-c2ccccc2)s1. The summed E-state index contributed by atoms with van der Waals surface area (Å²) in [5.41, 5.74) is 2.16. The van der Waals surface area contributed by atoms with Crippen molar-refractivity contribution in [3.63, 3.8) is 0 Å². The molecular formula is C21H18N5OS-. The van der Waals surface area contributed by atoms with Crippen molar-refractivity contribution in [2.75, 3.05) is 19.0 Å². The lowest BCUT2D eigenvalue weighted by molar-refractivity contribution is -0.267. The standard InChI is InChI=1S/C21H19N5OS/c1-26(2)18-13-12-17(28-18)24-25-21-19(14-8-4-3-5-9-14)22-20(23-21)15-10-6-7-11-16(15)27/h3-13,27H,1-2H3,(H,22,23)/p-1. The second kappa shape index (κ2) is 7.66. The molecule has 0 aliphatic carbocycles. The van der Waals surface area contributed by atoms with Crippen LogP contribution in [0.5, 0.6) is 5.75 Å². The molecule has 0 atom stereocenters. The van der Waals surface area contributed by atoms with Gasteiger partial charge in [0.1, 0.15) is 10.8 Å². The lowest BCUT2D eigenvalue weighted by Gasteiger charge is -2.09. The summed E-state index contributed by atoms with van der Waals surface area (Å²) < 4.78 is 0. The van der Waals surface area contributed by atoms with E-state index in [-0.39, 0.29) is 5.75 Å². The van der Waals surface area contributed by atoms with Crippen LogP contribution in [0.4, 0.5) is 15.8 Å². The summed E-state index contributed by atoms with van der Waals surface area (Å²) in [6.45, 7) is 0. The van der Waals surface area contributed by atoms with Gasteiger partial charge in [0, 0.05) is 25.2 Å². The number of hydrogen-bond acceptors (Lipinski definition) is 6. The Balaban J connectivity index is 1.76. The predicted octanol–water partition coefficient (Wildman–Crippen LogP) is 5.36. The number of anilines is 1. The van der Waals surface area contributed by atoms with E-state index in [9.17, 15) is 5.11 Å². The minimum atomic E-state index is -0.0896. The van der Waals surface area contributed by atoms with E-state index in [4.69, 9.17) is 0 Å². The fraction of sp³-hybridized carbons (Fsp3) is 0.0952. The van der Waals surface area contributed by atoms with E-state index < -0.39 is 0 Å². The van der Waals surface area contributed by atoms with Crippen LogP contribution >= 0.6 is 11.3 Å². The van der Waals surface area contributed by atoms with Crippen molar-refractivity contribution in [3.8, 4) is 28.4 Å². The maximum atomic E-state index is 12.2. The average molecular weight is 388 g/mol. The van der Waals surface area contributed by atoms with Crippen LogP contribution in [-0.4, -0.2) is 24.1 Å². The van der Waals surface area contributed by atoms with Crippen LogP contribution < -0.4 is 10.0 Å². The zero-order chi connectivity index (χ0) is 19.5. The second-order valence-corrected chi connectivity index (χ2v) is 7.39. The first-order valence-electron chi connectivity index (χ1n) is 8.72.